The highest BCUT2D eigenvalue weighted by Gasteiger charge is 2.19. The second kappa shape index (κ2) is 19.7. The average Bonchev–Trinajstić information content (AvgIpc) is 3.02. The van der Waals surface area contributed by atoms with Crippen LogP contribution in [0.15, 0.2) is 42.5 Å². The van der Waals surface area contributed by atoms with Crippen LogP contribution in [-0.4, -0.2) is 74.2 Å². The van der Waals surface area contributed by atoms with Crippen molar-refractivity contribution in [1.29, 1.82) is 0 Å². The number of ether oxygens (including phenoxy) is 6. The quantitative estimate of drug-likeness (QED) is 0.0909. The molecule has 0 aliphatic heterocycles. The molecule has 2 aromatic rings. The maximum absolute atomic E-state index is 12.6. The van der Waals surface area contributed by atoms with Crippen molar-refractivity contribution in [3.8, 4) is 23.0 Å². The van der Waals surface area contributed by atoms with Crippen LogP contribution < -0.4 is 29.6 Å². The van der Waals surface area contributed by atoms with Crippen molar-refractivity contribution in [3.05, 3.63) is 53.6 Å². The minimum atomic E-state index is -0.660. The molecule has 0 atom stereocenters. The number of methoxy groups -OCH3 is 2. The molecule has 0 fully saturated rings. The van der Waals surface area contributed by atoms with E-state index in [-0.39, 0.29) is 61.8 Å². The lowest BCUT2D eigenvalue weighted by atomic mass is 10.0. The summed E-state index contributed by atoms with van der Waals surface area (Å²) in [4.78, 5) is 73.1. The first-order valence-electron chi connectivity index (χ1n) is 16.3. The molecule has 2 aromatic carbocycles. The summed E-state index contributed by atoms with van der Waals surface area (Å²) in [5.41, 5.74) is -0.00349. The fourth-order valence-electron chi connectivity index (χ4n) is 4.15. The molecule has 0 bridgehead atoms. The van der Waals surface area contributed by atoms with E-state index in [4.69, 9.17) is 28.4 Å². The maximum Gasteiger partial charge on any atom is 0.407 e. The van der Waals surface area contributed by atoms with Crippen LogP contribution in [0.2, 0.25) is 0 Å². The summed E-state index contributed by atoms with van der Waals surface area (Å²) in [6, 6.07) is 9.58. The Kier molecular flexibility index (Phi) is 16.1. The zero-order valence-electron chi connectivity index (χ0n) is 30.5. The lowest BCUT2D eigenvalue weighted by Gasteiger charge is -2.19. The Balaban J connectivity index is 1.83. The van der Waals surface area contributed by atoms with Gasteiger partial charge in [-0.05, 0) is 89.4 Å². The molecule has 2 amide bonds. The van der Waals surface area contributed by atoms with Crippen molar-refractivity contribution in [3.63, 3.8) is 0 Å². The number of carbonyl (C=O) groups is 6. The highest BCUT2D eigenvalue weighted by atomic mass is 16.6. The summed E-state index contributed by atoms with van der Waals surface area (Å²) in [7, 11) is 2.82. The molecule has 0 spiro atoms. The first-order valence-corrected chi connectivity index (χ1v) is 16.3. The predicted molar refractivity (Wildman–Crippen MR) is 187 cm³/mol. The number of hydrogen-bond acceptors (Lipinski definition) is 12. The van der Waals surface area contributed by atoms with Gasteiger partial charge in [0.15, 0.2) is 28.8 Å². The van der Waals surface area contributed by atoms with E-state index in [0.717, 1.165) is 5.56 Å². The van der Waals surface area contributed by atoms with Gasteiger partial charge < -0.3 is 39.1 Å². The average molecular weight is 713 g/mol. The van der Waals surface area contributed by atoms with Gasteiger partial charge in [0.2, 0.25) is 0 Å². The number of aryl methyl sites for hydroxylation is 1. The zero-order chi connectivity index (χ0) is 38.2. The van der Waals surface area contributed by atoms with E-state index in [1.165, 1.54) is 32.4 Å². The number of hydrogen-bond donors (Lipinski definition) is 2. The van der Waals surface area contributed by atoms with Gasteiger partial charge in [0.25, 0.3) is 0 Å². The predicted octanol–water partition coefficient (Wildman–Crippen LogP) is 5.52. The molecule has 0 aliphatic carbocycles. The molecule has 2 rings (SSSR count). The Bertz CT molecular complexity index is 1580. The Morgan fingerprint density at radius 1 is 0.647 bits per heavy atom. The molecule has 0 radical (unpaired) electrons. The molecule has 0 saturated heterocycles. The monoisotopic (exact) mass is 712 g/mol. The van der Waals surface area contributed by atoms with E-state index in [9.17, 15) is 28.8 Å². The molecule has 278 valence electrons. The number of allylic oxidation sites excluding steroid dienone is 1. The molecule has 51 heavy (non-hydrogen) atoms. The summed E-state index contributed by atoms with van der Waals surface area (Å²) in [6.07, 6.45) is 1.47. The molecule has 0 heterocycles. The van der Waals surface area contributed by atoms with E-state index in [0.29, 0.717) is 17.7 Å². The number of Topliss-reactive ketones (excluding diaryl/α,β-unsaturated/α-hetero) is 1. The van der Waals surface area contributed by atoms with Crippen molar-refractivity contribution in [2.45, 2.75) is 84.8 Å². The number of benzene rings is 2. The molecule has 2 N–H and O–H groups in total. The molecule has 0 saturated carbocycles. The molecular weight excluding hydrogens is 664 g/mol. The first-order chi connectivity index (χ1) is 23.9. The van der Waals surface area contributed by atoms with Crippen LogP contribution in [0.25, 0.3) is 6.08 Å². The highest BCUT2D eigenvalue weighted by molar-refractivity contribution is 6.06. The van der Waals surface area contributed by atoms with Crippen LogP contribution in [0.4, 0.5) is 9.59 Å². The lowest BCUT2D eigenvalue weighted by molar-refractivity contribution is -0.135. The Morgan fingerprint density at radius 3 is 1.63 bits per heavy atom. The summed E-state index contributed by atoms with van der Waals surface area (Å²) in [5, 5.41) is 4.97. The van der Waals surface area contributed by atoms with E-state index < -0.39 is 41.1 Å². The Hall–Kier alpha value is -5.40. The van der Waals surface area contributed by atoms with E-state index in [1.54, 1.807) is 71.9 Å². The van der Waals surface area contributed by atoms with Gasteiger partial charge in [-0.25, -0.2) is 9.59 Å². The van der Waals surface area contributed by atoms with Crippen LogP contribution in [0.3, 0.4) is 0 Å². The maximum atomic E-state index is 12.6. The second-order valence-electron chi connectivity index (χ2n) is 13.2. The minimum Gasteiger partial charge on any atom is -0.493 e. The molecular formula is C37H48N2O12. The van der Waals surface area contributed by atoms with Crippen LogP contribution in [0.5, 0.6) is 23.0 Å². The van der Waals surface area contributed by atoms with E-state index >= 15 is 0 Å². The van der Waals surface area contributed by atoms with Crippen molar-refractivity contribution < 1.29 is 57.2 Å². The zero-order valence-corrected chi connectivity index (χ0v) is 30.5. The number of ketones is 2. The third kappa shape index (κ3) is 17.2. The number of esters is 2. The van der Waals surface area contributed by atoms with Crippen molar-refractivity contribution in [2.24, 2.45) is 0 Å². The smallest absolute Gasteiger partial charge is 0.407 e. The second-order valence-corrected chi connectivity index (χ2v) is 13.2. The largest absolute Gasteiger partial charge is 0.493 e. The minimum absolute atomic E-state index is 0.0223. The topological polar surface area (TPSA) is 182 Å². The normalized spacial score (nSPS) is 11.3. The van der Waals surface area contributed by atoms with Crippen LogP contribution >= 0.6 is 0 Å². The SMILES string of the molecule is COc1cc(/C=C/C(=O)CC(=O)CCc2ccc(OC(=O)CCNC(=O)OC(C)(C)C)c(OC)c2)ccc1OC(=O)CCNC(=O)OC(C)(C)C. The Morgan fingerprint density at radius 2 is 1.14 bits per heavy atom. The third-order valence-electron chi connectivity index (χ3n) is 6.38. The van der Waals surface area contributed by atoms with Crippen molar-refractivity contribution >= 4 is 41.8 Å². The standard InChI is InChI=1S/C37H48N2O12/c1-36(2,3)50-34(44)38-19-17-32(42)48-28-15-11-24(21-30(28)46-7)9-13-26(40)23-27(41)14-10-25-12-16-29(31(22-25)47-8)49-33(43)18-20-39-35(45)51-37(4,5)6/h9,11-13,15-16,21-22H,10,14,17-20,23H2,1-8H3,(H,38,44)(H,39,45)/b13-9+. The van der Waals surface area contributed by atoms with Crippen molar-refractivity contribution in [1.82, 2.24) is 10.6 Å². The number of nitrogens with one attached hydrogen (secondary N) is 2. The molecule has 0 aliphatic rings. The van der Waals surface area contributed by atoms with Gasteiger partial charge in [-0.15, -0.1) is 0 Å². The number of amides is 2. The number of rotatable bonds is 17. The lowest BCUT2D eigenvalue weighted by Crippen LogP contribution is -2.34. The van der Waals surface area contributed by atoms with Gasteiger partial charge in [-0.2, -0.15) is 0 Å². The van der Waals surface area contributed by atoms with Crippen LogP contribution in [-0.2, 0) is 35.1 Å². The van der Waals surface area contributed by atoms with Gasteiger partial charge in [0.1, 0.15) is 17.0 Å². The summed E-state index contributed by atoms with van der Waals surface area (Å²) < 4.78 is 31.6. The molecule has 0 unspecified atom stereocenters. The summed E-state index contributed by atoms with van der Waals surface area (Å²) in [6.45, 7) is 10.4. The van der Waals surface area contributed by atoms with E-state index in [2.05, 4.69) is 10.6 Å². The number of carbonyl (C=O) groups excluding carboxylic acids is 6. The molecule has 0 aromatic heterocycles. The first kappa shape index (κ1) is 41.8. The summed E-state index contributed by atoms with van der Waals surface area (Å²) in [5.74, 6) is -0.955. The van der Waals surface area contributed by atoms with Crippen LogP contribution in [0, 0.1) is 0 Å². The van der Waals surface area contributed by atoms with Crippen molar-refractivity contribution in [2.75, 3.05) is 27.3 Å². The Labute approximate surface area is 298 Å². The van der Waals surface area contributed by atoms with Gasteiger partial charge in [-0.3, -0.25) is 19.2 Å². The number of alkyl carbamates (subject to hydrolysis) is 2. The fourth-order valence-corrected chi connectivity index (χ4v) is 4.15. The fraction of sp³-hybridized carbons (Fsp3) is 0.459. The highest BCUT2D eigenvalue weighted by Crippen LogP contribution is 2.30. The summed E-state index contributed by atoms with van der Waals surface area (Å²) >= 11 is 0. The van der Waals surface area contributed by atoms with Gasteiger partial charge >= 0.3 is 24.1 Å². The molecule has 14 heteroatoms. The van der Waals surface area contributed by atoms with Gasteiger partial charge in [0, 0.05) is 19.5 Å². The van der Waals surface area contributed by atoms with Gasteiger partial charge in [0.05, 0.1) is 33.5 Å². The van der Waals surface area contributed by atoms with Gasteiger partial charge in [-0.1, -0.05) is 18.2 Å². The van der Waals surface area contributed by atoms with Crippen LogP contribution in [0.1, 0.15) is 78.4 Å². The van der Waals surface area contributed by atoms with E-state index in [1.807, 2.05) is 0 Å². The molecule has 14 nitrogen and oxygen atoms in total. The third-order valence-corrected chi connectivity index (χ3v) is 6.38.